The zero-order chi connectivity index (χ0) is 16.1. The second kappa shape index (κ2) is 6.90. The van der Waals surface area contributed by atoms with E-state index < -0.39 is 16.6 Å². The summed E-state index contributed by atoms with van der Waals surface area (Å²) in [4.78, 5) is 25.5. The molecule has 2 aromatic rings. The van der Waals surface area contributed by atoms with Crippen LogP contribution in [-0.2, 0) is 4.79 Å². The van der Waals surface area contributed by atoms with Crippen LogP contribution in [0.4, 0.5) is 15.9 Å². The Balaban J connectivity index is 2.03. The van der Waals surface area contributed by atoms with E-state index >= 15 is 0 Å². The number of halogens is 2. The highest BCUT2D eigenvalue weighted by atomic mass is 79.9. The molecule has 0 spiro atoms. The minimum absolute atomic E-state index is 0.0268. The molecule has 22 heavy (non-hydrogen) atoms. The molecule has 0 aliphatic carbocycles. The lowest BCUT2D eigenvalue weighted by molar-refractivity contribution is -0.384. The summed E-state index contributed by atoms with van der Waals surface area (Å²) in [5.41, 5.74) is 0.605. The third kappa shape index (κ3) is 4.19. The van der Waals surface area contributed by atoms with Crippen molar-refractivity contribution in [3.63, 3.8) is 0 Å². The van der Waals surface area contributed by atoms with E-state index in [-0.39, 0.29) is 11.5 Å². The molecule has 6 nitrogen and oxygen atoms in total. The Morgan fingerprint density at radius 3 is 2.64 bits per heavy atom. The molecule has 0 atom stereocenters. The molecule has 0 radical (unpaired) electrons. The fraction of sp³-hybridized carbons (Fsp3) is 0. The summed E-state index contributed by atoms with van der Waals surface area (Å²) in [7, 11) is 0. The van der Waals surface area contributed by atoms with Gasteiger partial charge in [0.1, 0.15) is 11.6 Å². The second-order valence-electron chi connectivity index (χ2n) is 4.16. The Morgan fingerprint density at radius 1 is 1.36 bits per heavy atom. The molecule has 0 unspecified atom stereocenters. The Labute approximate surface area is 133 Å². The Hall–Kier alpha value is -2.61. The molecule has 2 rings (SSSR count). The van der Waals surface area contributed by atoms with Gasteiger partial charge in [-0.2, -0.15) is 0 Å². The molecule has 0 saturated heterocycles. The smallest absolute Gasteiger partial charge is 0.269 e. The van der Waals surface area contributed by atoms with Gasteiger partial charge in [-0.25, -0.2) is 9.37 Å². The minimum atomic E-state index is -0.522. The number of benzene rings is 1. The minimum Gasteiger partial charge on any atom is -0.306 e. The summed E-state index contributed by atoms with van der Waals surface area (Å²) in [6.07, 6.45) is 3.73. The lowest BCUT2D eigenvalue weighted by Gasteiger charge is -2.03. The molecule has 1 N–H and O–H groups in total. The zero-order valence-electron chi connectivity index (χ0n) is 11.0. The fourth-order valence-electron chi connectivity index (χ4n) is 1.54. The SMILES string of the molecule is O=C(/C=C/c1ccc([N+](=O)[O-])cc1)Nc1ncc(F)cc1Br. The van der Waals surface area contributed by atoms with E-state index in [1.165, 1.54) is 42.5 Å². The number of amides is 1. The van der Waals surface area contributed by atoms with Gasteiger partial charge < -0.3 is 5.32 Å². The van der Waals surface area contributed by atoms with Gasteiger partial charge in [-0.15, -0.1) is 0 Å². The van der Waals surface area contributed by atoms with E-state index in [1.807, 2.05) is 0 Å². The van der Waals surface area contributed by atoms with Gasteiger partial charge >= 0.3 is 0 Å². The van der Waals surface area contributed by atoms with Crippen molar-refractivity contribution in [2.24, 2.45) is 0 Å². The van der Waals surface area contributed by atoms with Crippen molar-refractivity contribution in [1.29, 1.82) is 0 Å². The van der Waals surface area contributed by atoms with E-state index in [2.05, 4.69) is 26.2 Å². The number of hydrogen-bond acceptors (Lipinski definition) is 4. The van der Waals surface area contributed by atoms with Gasteiger partial charge in [-0.05, 0) is 45.8 Å². The summed E-state index contributed by atoms with van der Waals surface area (Å²) >= 11 is 3.09. The maximum absolute atomic E-state index is 12.9. The van der Waals surface area contributed by atoms with Crippen LogP contribution in [0.15, 0.2) is 47.1 Å². The number of nitro groups is 1. The quantitative estimate of drug-likeness (QED) is 0.510. The van der Waals surface area contributed by atoms with Gasteiger partial charge in [-0.1, -0.05) is 0 Å². The number of carbonyl (C=O) groups excluding carboxylic acids is 1. The first-order chi connectivity index (χ1) is 10.5. The number of pyridine rings is 1. The van der Waals surface area contributed by atoms with Gasteiger partial charge in [-0.3, -0.25) is 14.9 Å². The van der Waals surface area contributed by atoms with Gasteiger partial charge in [0.25, 0.3) is 5.69 Å². The topological polar surface area (TPSA) is 85.1 Å². The van der Waals surface area contributed by atoms with Crippen molar-refractivity contribution in [1.82, 2.24) is 4.98 Å². The molecule has 1 aromatic carbocycles. The van der Waals surface area contributed by atoms with Crippen LogP contribution in [0.2, 0.25) is 0 Å². The molecule has 1 heterocycles. The van der Waals surface area contributed by atoms with Gasteiger partial charge in [0, 0.05) is 18.2 Å². The Kier molecular flexibility index (Phi) is 4.95. The average Bonchev–Trinajstić information content (AvgIpc) is 2.48. The third-order valence-corrected chi connectivity index (χ3v) is 3.18. The van der Waals surface area contributed by atoms with Crippen LogP contribution < -0.4 is 5.32 Å². The van der Waals surface area contributed by atoms with Crippen LogP contribution in [0.1, 0.15) is 5.56 Å². The van der Waals surface area contributed by atoms with Crippen LogP contribution in [0, 0.1) is 15.9 Å². The van der Waals surface area contributed by atoms with Crippen molar-refractivity contribution in [2.45, 2.75) is 0 Å². The number of non-ortho nitro benzene ring substituents is 1. The van der Waals surface area contributed by atoms with Crippen molar-refractivity contribution >= 4 is 39.4 Å². The number of carbonyl (C=O) groups is 1. The van der Waals surface area contributed by atoms with Crippen molar-refractivity contribution in [3.05, 3.63) is 68.6 Å². The van der Waals surface area contributed by atoms with Crippen molar-refractivity contribution in [2.75, 3.05) is 5.32 Å². The van der Waals surface area contributed by atoms with E-state index in [0.717, 1.165) is 6.20 Å². The summed E-state index contributed by atoms with van der Waals surface area (Å²) < 4.78 is 13.2. The largest absolute Gasteiger partial charge is 0.306 e. The number of nitrogens with one attached hydrogen (secondary N) is 1. The lowest BCUT2D eigenvalue weighted by Crippen LogP contribution is -2.09. The predicted molar refractivity (Wildman–Crippen MR) is 82.7 cm³/mol. The lowest BCUT2D eigenvalue weighted by atomic mass is 10.2. The summed E-state index contributed by atoms with van der Waals surface area (Å²) in [5, 5.41) is 13.0. The third-order valence-electron chi connectivity index (χ3n) is 2.58. The van der Waals surface area contributed by atoms with Crippen LogP contribution in [-0.4, -0.2) is 15.8 Å². The van der Waals surface area contributed by atoms with Gasteiger partial charge in [0.15, 0.2) is 0 Å². The van der Waals surface area contributed by atoms with E-state index in [4.69, 9.17) is 0 Å². The van der Waals surface area contributed by atoms with Crippen LogP contribution in [0.3, 0.4) is 0 Å². The highest BCUT2D eigenvalue weighted by Crippen LogP contribution is 2.20. The number of nitrogens with zero attached hydrogens (tertiary/aromatic N) is 2. The molecule has 1 amide bonds. The van der Waals surface area contributed by atoms with Gasteiger partial charge in [0.05, 0.1) is 15.6 Å². The summed E-state index contributed by atoms with van der Waals surface area (Å²) in [6.45, 7) is 0. The normalized spacial score (nSPS) is 10.6. The highest BCUT2D eigenvalue weighted by Gasteiger charge is 2.06. The molecule has 0 fully saturated rings. The van der Waals surface area contributed by atoms with Crippen molar-refractivity contribution < 1.29 is 14.1 Å². The predicted octanol–water partition coefficient (Wildman–Crippen LogP) is 3.54. The van der Waals surface area contributed by atoms with Crippen LogP contribution >= 0.6 is 15.9 Å². The Morgan fingerprint density at radius 2 is 2.05 bits per heavy atom. The number of hydrogen-bond donors (Lipinski definition) is 1. The number of aromatic nitrogens is 1. The number of rotatable bonds is 4. The van der Waals surface area contributed by atoms with Crippen molar-refractivity contribution in [3.8, 4) is 0 Å². The molecule has 112 valence electrons. The Bertz CT molecular complexity index is 747. The first-order valence-electron chi connectivity index (χ1n) is 6.00. The number of nitro benzene ring substituents is 1. The maximum atomic E-state index is 12.9. The summed E-state index contributed by atoms with van der Waals surface area (Å²) in [6, 6.07) is 6.91. The highest BCUT2D eigenvalue weighted by molar-refractivity contribution is 9.10. The monoisotopic (exact) mass is 365 g/mol. The zero-order valence-corrected chi connectivity index (χ0v) is 12.6. The molecule has 0 aliphatic rings. The first-order valence-corrected chi connectivity index (χ1v) is 6.79. The van der Waals surface area contributed by atoms with E-state index in [0.29, 0.717) is 10.0 Å². The molecule has 0 saturated carbocycles. The van der Waals surface area contributed by atoms with Gasteiger partial charge in [0.2, 0.25) is 5.91 Å². The summed E-state index contributed by atoms with van der Waals surface area (Å²) in [5.74, 6) is -0.788. The molecule has 0 aliphatic heterocycles. The van der Waals surface area contributed by atoms with Crippen LogP contribution in [0.25, 0.3) is 6.08 Å². The molecule has 0 bridgehead atoms. The van der Waals surface area contributed by atoms with E-state index in [1.54, 1.807) is 0 Å². The molecule has 8 heteroatoms. The standard InChI is InChI=1S/C14H9BrFN3O3/c15-12-7-10(16)8-17-14(12)18-13(20)6-3-9-1-4-11(5-2-9)19(21)22/h1-8H,(H,17,18,20)/b6-3+. The van der Waals surface area contributed by atoms with Crippen LogP contribution in [0.5, 0.6) is 0 Å². The maximum Gasteiger partial charge on any atom is 0.269 e. The van der Waals surface area contributed by atoms with E-state index in [9.17, 15) is 19.3 Å². The molecular weight excluding hydrogens is 357 g/mol. The molecule has 1 aromatic heterocycles. The number of anilines is 1. The average molecular weight is 366 g/mol. The first kappa shape index (κ1) is 15.8. The molecular formula is C14H9BrFN3O3. The fourth-order valence-corrected chi connectivity index (χ4v) is 1.96. The second-order valence-corrected chi connectivity index (χ2v) is 5.01.